The van der Waals surface area contributed by atoms with E-state index in [-0.39, 0.29) is 38.2 Å². The van der Waals surface area contributed by atoms with Crippen molar-refractivity contribution in [2.45, 2.75) is 411 Å². The monoisotopic (exact) mass is 1230 g/mol. The largest absolute Gasteiger partial charge is 0.477 e. The smallest absolute Gasteiger partial charge is 0.361 e. The molecule has 0 radical (unpaired) electrons. The van der Waals surface area contributed by atoms with Gasteiger partial charge in [-0.25, -0.2) is 4.79 Å². The molecule has 2 atom stereocenters. The van der Waals surface area contributed by atoms with Gasteiger partial charge in [0.2, 0.25) is 0 Å². The fourth-order valence-corrected chi connectivity index (χ4v) is 11.8. The number of hydrogen-bond acceptors (Lipinski definition) is 7. The minimum atomic E-state index is -1.51. The maximum absolute atomic E-state index is 13.0. The summed E-state index contributed by atoms with van der Waals surface area (Å²) < 4.78 is 23.1. The molecule has 514 valence electrons. The molecule has 0 aliphatic carbocycles. The van der Waals surface area contributed by atoms with Crippen LogP contribution in [0, 0.1) is 0 Å². The predicted octanol–water partition coefficient (Wildman–Crippen LogP) is 24.1. The first-order valence-corrected chi connectivity index (χ1v) is 38.5. The van der Waals surface area contributed by atoms with Crippen LogP contribution in [0.1, 0.15) is 399 Å². The van der Waals surface area contributed by atoms with E-state index in [1.807, 2.05) is 21.1 Å². The fourth-order valence-electron chi connectivity index (χ4n) is 11.8. The van der Waals surface area contributed by atoms with Gasteiger partial charge in [0, 0.05) is 12.8 Å². The van der Waals surface area contributed by atoms with E-state index in [9.17, 15) is 19.5 Å². The number of esters is 2. The number of nitrogens with zero attached hydrogens (tertiary/aromatic N) is 1. The SMILES string of the molecule is CCCCCCC/C=C\C/C=C\CCCCCCCCCCCCCCCCCCCCCCCC(=O)OC(COC(=O)CCCCCCCCCCCCCCCCCCCCCCCCCCCCCCC)COC(OCC[N+](C)(C)C)C(=O)O. The van der Waals surface area contributed by atoms with Crippen LogP contribution < -0.4 is 0 Å². The molecule has 1 N–H and O–H groups in total. The number of hydrogen-bond donors (Lipinski definition) is 1. The highest BCUT2D eigenvalue weighted by molar-refractivity contribution is 5.71. The lowest BCUT2D eigenvalue weighted by atomic mass is 10.0. The summed E-state index contributed by atoms with van der Waals surface area (Å²) in [4.78, 5) is 37.7. The summed E-state index contributed by atoms with van der Waals surface area (Å²) in [6.07, 6.45) is 84.7. The molecule has 0 fully saturated rings. The van der Waals surface area contributed by atoms with E-state index >= 15 is 0 Å². The average molecular weight is 1230 g/mol. The molecule has 0 aromatic heterocycles. The van der Waals surface area contributed by atoms with Gasteiger partial charge >= 0.3 is 17.9 Å². The van der Waals surface area contributed by atoms with Crippen LogP contribution in [0.2, 0.25) is 0 Å². The maximum atomic E-state index is 13.0. The highest BCUT2D eigenvalue weighted by Gasteiger charge is 2.25. The Bertz CT molecular complexity index is 1480. The minimum Gasteiger partial charge on any atom is -0.477 e. The number of carboxylic acid groups (broad SMARTS) is 1. The molecule has 0 aliphatic rings. The number of rotatable bonds is 73. The van der Waals surface area contributed by atoms with E-state index in [1.54, 1.807) is 0 Å². The lowest BCUT2D eigenvalue weighted by Gasteiger charge is -2.25. The number of likely N-dealkylation sites (N-methyl/N-ethyl adjacent to an activating group) is 1. The van der Waals surface area contributed by atoms with Crippen LogP contribution >= 0.6 is 0 Å². The Morgan fingerprint density at radius 2 is 0.621 bits per heavy atom. The normalized spacial score (nSPS) is 12.7. The summed E-state index contributed by atoms with van der Waals surface area (Å²) in [6.45, 7) is 4.95. The molecule has 9 heteroatoms. The van der Waals surface area contributed by atoms with Gasteiger partial charge in [-0.05, 0) is 44.9 Å². The average Bonchev–Trinajstić information content (AvgIpc) is 3.59. The second kappa shape index (κ2) is 69.7. The van der Waals surface area contributed by atoms with Crippen molar-refractivity contribution in [1.82, 2.24) is 0 Å². The first-order valence-electron chi connectivity index (χ1n) is 38.5. The lowest BCUT2D eigenvalue weighted by Crippen LogP contribution is -2.40. The molecule has 0 aromatic carbocycles. The summed E-state index contributed by atoms with van der Waals surface area (Å²) in [5.74, 6) is -1.97. The number of allylic oxidation sites excluding steroid dienone is 4. The first kappa shape index (κ1) is 84.8. The third-order valence-electron chi connectivity index (χ3n) is 17.7. The van der Waals surface area contributed by atoms with E-state index in [0.717, 1.165) is 44.9 Å². The Hall–Kier alpha value is -2.23. The molecule has 0 bridgehead atoms. The van der Waals surface area contributed by atoms with Crippen LogP contribution in [0.5, 0.6) is 0 Å². The molecule has 0 spiro atoms. The molecule has 0 heterocycles. The highest BCUT2D eigenvalue weighted by Crippen LogP contribution is 2.20. The van der Waals surface area contributed by atoms with Crippen molar-refractivity contribution >= 4 is 17.9 Å². The molecular weight excluding hydrogens is 1080 g/mol. The van der Waals surface area contributed by atoms with Crippen molar-refractivity contribution < 1.29 is 42.9 Å². The minimum absolute atomic E-state index is 0.174. The van der Waals surface area contributed by atoms with Gasteiger partial charge in [-0.1, -0.05) is 366 Å². The van der Waals surface area contributed by atoms with Gasteiger partial charge < -0.3 is 28.5 Å². The van der Waals surface area contributed by atoms with Gasteiger partial charge in [0.15, 0.2) is 6.10 Å². The zero-order chi connectivity index (χ0) is 63.3. The Labute approximate surface area is 541 Å². The van der Waals surface area contributed by atoms with E-state index in [1.165, 1.54) is 327 Å². The number of carbonyl (C=O) groups excluding carboxylic acids is 2. The van der Waals surface area contributed by atoms with Crippen LogP contribution in [-0.4, -0.2) is 87.4 Å². The maximum Gasteiger partial charge on any atom is 0.361 e. The van der Waals surface area contributed by atoms with Crippen molar-refractivity contribution in [2.75, 3.05) is 47.5 Å². The predicted molar refractivity (Wildman–Crippen MR) is 374 cm³/mol. The van der Waals surface area contributed by atoms with Crippen LogP contribution in [0.3, 0.4) is 0 Å². The van der Waals surface area contributed by atoms with E-state index < -0.39 is 18.4 Å². The van der Waals surface area contributed by atoms with Gasteiger partial charge in [-0.2, -0.15) is 0 Å². The molecule has 0 rings (SSSR count). The van der Waals surface area contributed by atoms with Crippen LogP contribution in [0.15, 0.2) is 24.3 Å². The summed E-state index contributed by atoms with van der Waals surface area (Å²) in [6, 6.07) is 0. The third-order valence-corrected chi connectivity index (χ3v) is 17.7. The quantitative estimate of drug-likeness (QED) is 0.0211. The fraction of sp³-hybridized carbons (Fsp3) is 0.910. The number of unbranched alkanes of at least 4 members (excludes halogenated alkanes) is 54. The first-order chi connectivity index (χ1) is 42.6. The van der Waals surface area contributed by atoms with E-state index in [4.69, 9.17) is 18.9 Å². The molecule has 0 amide bonds. The van der Waals surface area contributed by atoms with E-state index in [2.05, 4.69) is 38.2 Å². The summed E-state index contributed by atoms with van der Waals surface area (Å²) in [5, 5.41) is 9.76. The summed E-state index contributed by atoms with van der Waals surface area (Å²) >= 11 is 0. The number of aliphatic carboxylic acids is 1. The lowest BCUT2D eigenvalue weighted by molar-refractivity contribution is -0.870. The molecule has 87 heavy (non-hydrogen) atoms. The van der Waals surface area contributed by atoms with Gasteiger partial charge in [0.05, 0.1) is 34.4 Å². The highest BCUT2D eigenvalue weighted by atomic mass is 16.7. The Kier molecular flexibility index (Phi) is 67.9. The number of quaternary nitrogens is 1. The van der Waals surface area contributed by atoms with Crippen LogP contribution in [0.25, 0.3) is 0 Å². The number of carbonyl (C=O) groups is 3. The molecule has 0 saturated carbocycles. The van der Waals surface area contributed by atoms with Crippen LogP contribution in [0.4, 0.5) is 0 Å². The van der Waals surface area contributed by atoms with Crippen molar-refractivity contribution in [2.24, 2.45) is 0 Å². The van der Waals surface area contributed by atoms with Gasteiger partial charge in [0.25, 0.3) is 6.29 Å². The zero-order valence-corrected chi connectivity index (χ0v) is 59.0. The van der Waals surface area contributed by atoms with Crippen molar-refractivity contribution in [3.05, 3.63) is 24.3 Å². The molecular formula is C78H150NO8+. The van der Waals surface area contributed by atoms with Crippen molar-refractivity contribution in [1.29, 1.82) is 0 Å². The molecule has 0 aromatic rings. The van der Waals surface area contributed by atoms with Crippen molar-refractivity contribution in [3.63, 3.8) is 0 Å². The van der Waals surface area contributed by atoms with Crippen molar-refractivity contribution in [3.8, 4) is 0 Å². The summed E-state index contributed by atoms with van der Waals surface area (Å²) in [7, 11) is 6.00. The Morgan fingerprint density at radius 1 is 0.345 bits per heavy atom. The Balaban J connectivity index is 3.99. The van der Waals surface area contributed by atoms with E-state index in [0.29, 0.717) is 17.4 Å². The van der Waals surface area contributed by atoms with Gasteiger partial charge in [-0.15, -0.1) is 0 Å². The number of ether oxygens (including phenoxy) is 4. The number of carboxylic acids is 1. The van der Waals surface area contributed by atoms with Gasteiger partial charge in [-0.3, -0.25) is 9.59 Å². The second-order valence-electron chi connectivity index (χ2n) is 27.7. The van der Waals surface area contributed by atoms with Crippen LogP contribution in [-0.2, 0) is 33.3 Å². The van der Waals surface area contributed by atoms with Gasteiger partial charge in [0.1, 0.15) is 13.2 Å². The molecule has 0 saturated heterocycles. The molecule has 2 unspecified atom stereocenters. The summed E-state index contributed by atoms with van der Waals surface area (Å²) in [5.41, 5.74) is 0. The topological polar surface area (TPSA) is 108 Å². The second-order valence-corrected chi connectivity index (χ2v) is 27.7. The zero-order valence-electron chi connectivity index (χ0n) is 59.0. The molecule has 0 aliphatic heterocycles. The third kappa shape index (κ3) is 71.1. The Morgan fingerprint density at radius 3 is 0.908 bits per heavy atom. The molecule has 9 nitrogen and oxygen atoms in total. The standard InChI is InChI=1S/C78H149NO8/c1-6-8-10-12-14-16-18-20-22-24-26-28-30-32-34-36-37-38-39-41-43-45-47-49-51-53-55-57-59-61-63-65-67-69-76(81)87-74(73-86-78(77(82)83)84-71-70-79(3,4)5)72-85-75(80)68-66-64-62-60-58-56-54-52-50-48-46-44-42-40-35-33-31-29-27-25-23-21-19-17-15-13-11-9-7-2/h18,20,24,26,74,78H,6-17,19,21-23,25,27-73H2,1-5H3/p+1/b20-18-,26-24-.